The van der Waals surface area contributed by atoms with Gasteiger partial charge in [-0.2, -0.15) is 21.0 Å². The SMILES string of the molecule is N#CC(C#N)=Cc1ccc(-c2ccc(C=C(C#N)C#N)s2)s1. The van der Waals surface area contributed by atoms with Gasteiger partial charge in [0.05, 0.1) is 0 Å². The van der Waals surface area contributed by atoms with Gasteiger partial charge in [-0.25, -0.2) is 0 Å². The van der Waals surface area contributed by atoms with E-state index < -0.39 is 0 Å². The van der Waals surface area contributed by atoms with Crippen molar-refractivity contribution in [2.45, 2.75) is 0 Å². The first-order valence-corrected chi connectivity index (χ1v) is 7.57. The molecule has 0 aromatic carbocycles. The van der Waals surface area contributed by atoms with Crippen molar-refractivity contribution >= 4 is 34.8 Å². The minimum Gasteiger partial charge on any atom is -0.192 e. The summed E-state index contributed by atoms with van der Waals surface area (Å²) in [6, 6.07) is 14.8. The number of hydrogen-bond acceptors (Lipinski definition) is 6. The van der Waals surface area contributed by atoms with E-state index in [-0.39, 0.29) is 11.1 Å². The lowest BCUT2D eigenvalue weighted by Gasteiger charge is -1.89. The Morgan fingerprint density at radius 2 is 1.05 bits per heavy atom. The van der Waals surface area contributed by atoms with Crippen molar-refractivity contribution in [2.75, 3.05) is 0 Å². The zero-order valence-electron chi connectivity index (χ0n) is 11.1. The van der Waals surface area contributed by atoms with Crippen molar-refractivity contribution in [3.8, 4) is 34.0 Å². The fourth-order valence-corrected chi connectivity index (χ4v) is 3.58. The molecule has 0 aliphatic carbocycles. The predicted octanol–water partition coefficient (Wildman–Crippen LogP) is 4.34. The van der Waals surface area contributed by atoms with E-state index in [1.54, 1.807) is 12.2 Å². The highest BCUT2D eigenvalue weighted by Gasteiger charge is 2.06. The number of rotatable bonds is 3. The van der Waals surface area contributed by atoms with Gasteiger partial charge in [-0.05, 0) is 36.4 Å². The van der Waals surface area contributed by atoms with Crippen molar-refractivity contribution in [2.24, 2.45) is 0 Å². The summed E-state index contributed by atoms with van der Waals surface area (Å²) in [5, 5.41) is 35.0. The van der Waals surface area contributed by atoms with Crippen LogP contribution in [0.4, 0.5) is 0 Å². The van der Waals surface area contributed by atoms with Crippen molar-refractivity contribution in [1.29, 1.82) is 21.0 Å². The Morgan fingerprint density at radius 1 is 0.682 bits per heavy atom. The van der Waals surface area contributed by atoms with Crippen LogP contribution < -0.4 is 0 Å². The van der Waals surface area contributed by atoms with Crippen LogP contribution in [0.15, 0.2) is 35.4 Å². The summed E-state index contributed by atoms with van der Waals surface area (Å²) in [6.07, 6.45) is 3.10. The molecule has 2 heterocycles. The zero-order chi connectivity index (χ0) is 15.9. The van der Waals surface area contributed by atoms with E-state index in [2.05, 4.69) is 0 Å². The van der Waals surface area contributed by atoms with E-state index in [1.165, 1.54) is 22.7 Å². The van der Waals surface area contributed by atoms with Gasteiger partial charge in [-0.3, -0.25) is 0 Å². The van der Waals surface area contributed by atoms with Gasteiger partial charge < -0.3 is 0 Å². The molecule has 102 valence electrons. The summed E-state index contributed by atoms with van der Waals surface area (Å²) in [7, 11) is 0. The molecular formula is C16H6N4S2. The third-order valence-corrected chi connectivity index (χ3v) is 4.81. The minimum absolute atomic E-state index is 0.0656. The van der Waals surface area contributed by atoms with Crippen LogP contribution in [0.3, 0.4) is 0 Å². The third kappa shape index (κ3) is 3.48. The quantitative estimate of drug-likeness (QED) is 0.786. The topological polar surface area (TPSA) is 95.2 Å². The molecule has 0 aliphatic rings. The maximum Gasteiger partial charge on any atom is 0.131 e. The highest BCUT2D eigenvalue weighted by molar-refractivity contribution is 7.22. The van der Waals surface area contributed by atoms with Crippen molar-refractivity contribution in [3.63, 3.8) is 0 Å². The predicted molar refractivity (Wildman–Crippen MR) is 86.0 cm³/mol. The van der Waals surface area contributed by atoms with E-state index in [0.717, 1.165) is 19.5 Å². The molecule has 0 saturated heterocycles. The zero-order valence-corrected chi connectivity index (χ0v) is 12.7. The van der Waals surface area contributed by atoms with E-state index in [9.17, 15) is 0 Å². The molecule has 2 aromatic rings. The second kappa shape index (κ2) is 7.02. The fourth-order valence-electron chi connectivity index (χ4n) is 1.59. The number of hydrogen-bond donors (Lipinski definition) is 0. The molecule has 0 spiro atoms. The van der Waals surface area contributed by atoms with Gasteiger partial charge in [0.2, 0.25) is 0 Å². The first-order valence-electron chi connectivity index (χ1n) is 5.94. The molecule has 0 bridgehead atoms. The molecule has 0 N–H and O–H groups in total. The number of allylic oxidation sites excluding steroid dienone is 2. The Hall–Kier alpha value is -3.16. The molecule has 0 aliphatic heterocycles. The maximum absolute atomic E-state index is 8.75. The van der Waals surface area contributed by atoms with Gasteiger partial charge in [0, 0.05) is 19.5 Å². The molecule has 0 fully saturated rings. The molecule has 0 radical (unpaired) electrons. The number of nitriles is 4. The normalized spacial score (nSPS) is 8.73. The minimum atomic E-state index is 0.0656. The Balaban J connectivity index is 2.30. The van der Waals surface area contributed by atoms with Crippen LogP contribution in [0.1, 0.15) is 9.75 Å². The molecule has 22 heavy (non-hydrogen) atoms. The van der Waals surface area contributed by atoms with Crippen molar-refractivity contribution in [3.05, 3.63) is 45.2 Å². The molecule has 4 nitrogen and oxygen atoms in total. The van der Waals surface area contributed by atoms with Crippen molar-refractivity contribution < 1.29 is 0 Å². The second-order valence-electron chi connectivity index (χ2n) is 3.97. The second-order valence-corrected chi connectivity index (χ2v) is 6.20. The fraction of sp³-hybridized carbons (Fsp3) is 0. The lowest BCUT2D eigenvalue weighted by Crippen LogP contribution is -1.69. The first-order chi connectivity index (χ1) is 10.7. The van der Waals surface area contributed by atoms with Crippen LogP contribution in [-0.2, 0) is 0 Å². The van der Waals surface area contributed by atoms with E-state index in [1.807, 2.05) is 48.5 Å². The van der Waals surface area contributed by atoms with Crippen LogP contribution >= 0.6 is 22.7 Å². The van der Waals surface area contributed by atoms with Crippen LogP contribution in [0.25, 0.3) is 21.9 Å². The summed E-state index contributed by atoms with van der Waals surface area (Å²) in [6.45, 7) is 0. The third-order valence-electron chi connectivity index (χ3n) is 2.55. The standard InChI is InChI=1S/C16H6N4S2/c17-7-11(8-18)5-13-1-3-15(21-13)16-4-2-14(22-16)6-12(9-19)10-20/h1-6H. The van der Waals surface area contributed by atoms with E-state index >= 15 is 0 Å². The number of nitrogens with zero attached hydrogens (tertiary/aromatic N) is 4. The van der Waals surface area contributed by atoms with Gasteiger partial charge in [-0.15, -0.1) is 22.7 Å². The van der Waals surface area contributed by atoms with E-state index in [4.69, 9.17) is 21.0 Å². The molecule has 2 aromatic heterocycles. The molecule has 0 amide bonds. The molecule has 2 rings (SSSR count). The lowest BCUT2D eigenvalue weighted by molar-refractivity contribution is 1.47. The molecule has 0 atom stereocenters. The van der Waals surface area contributed by atoms with Crippen molar-refractivity contribution in [1.82, 2.24) is 0 Å². The first kappa shape index (κ1) is 15.2. The van der Waals surface area contributed by atoms with Gasteiger partial charge in [0.15, 0.2) is 0 Å². The average Bonchev–Trinajstić information content (AvgIpc) is 3.19. The summed E-state index contributed by atoms with van der Waals surface area (Å²) >= 11 is 2.94. The molecule has 0 unspecified atom stereocenters. The van der Waals surface area contributed by atoms with Crippen LogP contribution in [0, 0.1) is 45.3 Å². The Bertz CT molecular complexity index is 820. The summed E-state index contributed by atoms with van der Waals surface area (Å²) < 4.78 is 0. The van der Waals surface area contributed by atoms with Crippen LogP contribution in [-0.4, -0.2) is 0 Å². The molecular weight excluding hydrogens is 312 g/mol. The van der Waals surface area contributed by atoms with E-state index in [0.29, 0.717) is 0 Å². The van der Waals surface area contributed by atoms with Gasteiger partial charge in [-0.1, -0.05) is 0 Å². The largest absolute Gasteiger partial charge is 0.192 e. The van der Waals surface area contributed by atoms with Gasteiger partial charge in [0.1, 0.15) is 35.4 Å². The summed E-state index contributed by atoms with van der Waals surface area (Å²) in [4.78, 5) is 3.66. The Kier molecular flexibility index (Phi) is 4.86. The van der Waals surface area contributed by atoms with Crippen LogP contribution in [0.2, 0.25) is 0 Å². The maximum atomic E-state index is 8.75. The van der Waals surface area contributed by atoms with Gasteiger partial charge >= 0.3 is 0 Å². The van der Waals surface area contributed by atoms with Gasteiger partial charge in [0.25, 0.3) is 0 Å². The Labute approximate surface area is 135 Å². The molecule has 0 saturated carbocycles. The smallest absolute Gasteiger partial charge is 0.131 e. The summed E-state index contributed by atoms with van der Waals surface area (Å²) in [5.41, 5.74) is 0.131. The number of thiophene rings is 2. The lowest BCUT2D eigenvalue weighted by atomic mass is 10.2. The highest BCUT2D eigenvalue weighted by atomic mass is 32.1. The average molecular weight is 318 g/mol. The highest BCUT2D eigenvalue weighted by Crippen LogP contribution is 2.35. The summed E-state index contributed by atoms with van der Waals surface area (Å²) in [5.74, 6) is 0. The van der Waals surface area contributed by atoms with Crippen LogP contribution in [0.5, 0.6) is 0 Å². The Morgan fingerprint density at radius 3 is 1.36 bits per heavy atom. The monoisotopic (exact) mass is 318 g/mol. The molecule has 6 heteroatoms.